The van der Waals surface area contributed by atoms with E-state index in [1.54, 1.807) is 0 Å². The molecule has 0 fully saturated rings. The van der Waals surface area contributed by atoms with Crippen LogP contribution in [0.5, 0.6) is 0 Å². The highest BCUT2D eigenvalue weighted by atomic mass is 79.9. The molecule has 0 aliphatic carbocycles. The van der Waals surface area contributed by atoms with Gasteiger partial charge in [-0.25, -0.2) is 0 Å². The van der Waals surface area contributed by atoms with Gasteiger partial charge in [-0.1, -0.05) is 19.1 Å². The third-order valence-corrected chi connectivity index (χ3v) is 3.98. The molecule has 21 heavy (non-hydrogen) atoms. The lowest BCUT2D eigenvalue weighted by atomic mass is 10.2. The predicted octanol–water partition coefficient (Wildman–Crippen LogP) is 3.90. The van der Waals surface area contributed by atoms with Crippen LogP contribution in [0.2, 0.25) is 0 Å². The molecule has 0 unspecified atom stereocenters. The van der Waals surface area contributed by atoms with E-state index in [0.29, 0.717) is 0 Å². The van der Waals surface area contributed by atoms with Crippen molar-refractivity contribution in [1.29, 1.82) is 0 Å². The van der Waals surface area contributed by atoms with Gasteiger partial charge in [-0.15, -0.1) is 0 Å². The van der Waals surface area contributed by atoms with Crippen LogP contribution in [0.25, 0.3) is 0 Å². The van der Waals surface area contributed by atoms with Crippen molar-refractivity contribution in [1.82, 2.24) is 10.3 Å². The lowest BCUT2D eigenvalue weighted by Gasteiger charge is -2.21. The van der Waals surface area contributed by atoms with Crippen molar-refractivity contribution in [2.45, 2.75) is 26.9 Å². The van der Waals surface area contributed by atoms with E-state index >= 15 is 0 Å². The van der Waals surface area contributed by atoms with Crippen molar-refractivity contribution in [3.63, 3.8) is 0 Å². The molecule has 2 rings (SSSR count). The lowest BCUT2D eigenvalue weighted by molar-refractivity contribution is 0.726. The molecule has 0 radical (unpaired) electrons. The Labute approximate surface area is 135 Å². The van der Waals surface area contributed by atoms with Crippen LogP contribution < -0.4 is 10.2 Å². The summed E-state index contributed by atoms with van der Waals surface area (Å²) in [5.41, 5.74) is 4.61. The maximum atomic E-state index is 4.56. The van der Waals surface area contributed by atoms with Crippen LogP contribution in [-0.2, 0) is 13.1 Å². The van der Waals surface area contributed by atoms with Gasteiger partial charge in [-0.3, -0.25) is 4.98 Å². The summed E-state index contributed by atoms with van der Waals surface area (Å²) < 4.78 is 1.12. The summed E-state index contributed by atoms with van der Waals surface area (Å²) in [6, 6.07) is 12.7. The highest BCUT2D eigenvalue weighted by Gasteiger charge is 2.08. The van der Waals surface area contributed by atoms with Gasteiger partial charge in [0.2, 0.25) is 0 Å². The highest BCUT2D eigenvalue weighted by molar-refractivity contribution is 9.10. The molecule has 0 bridgehead atoms. The summed E-state index contributed by atoms with van der Waals surface area (Å²) in [6.45, 7) is 6.82. The van der Waals surface area contributed by atoms with E-state index in [4.69, 9.17) is 0 Å². The number of pyridine rings is 1. The van der Waals surface area contributed by atoms with Crippen LogP contribution in [0.3, 0.4) is 0 Å². The first kappa shape index (κ1) is 16.0. The maximum Gasteiger partial charge on any atom is 0.0600 e. The zero-order valence-electron chi connectivity index (χ0n) is 12.9. The van der Waals surface area contributed by atoms with E-state index < -0.39 is 0 Å². The zero-order valence-corrected chi connectivity index (χ0v) is 14.4. The van der Waals surface area contributed by atoms with Gasteiger partial charge in [0.05, 0.1) is 17.9 Å². The molecule has 3 nitrogen and oxygen atoms in total. The first-order chi connectivity index (χ1) is 10.1. The van der Waals surface area contributed by atoms with Gasteiger partial charge >= 0.3 is 0 Å². The quantitative estimate of drug-likeness (QED) is 0.858. The Morgan fingerprint density at radius 2 is 2.05 bits per heavy atom. The third-order valence-electron chi connectivity index (χ3n) is 3.35. The Hall–Kier alpha value is -1.39. The molecule has 0 amide bonds. The molecule has 0 aliphatic rings. The van der Waals surface area contributed by atoms with Crippen LogP contribution in [0.4, 0.5) is 5.69 Å². The summed E-state index contributed by atoms with van der Waals surface area (Å²) in [6.07, 6.45) is 0. The summed E-state index contributed by atoms with van der Waals surface area (Å²) in [4.78, 5) is 6.77. The molecule has 1 aromatic heterocycles. The zero-order chi connectivity index (χ0) is 15.2. The monoisotopic (exact) mass is 347 g/mol. The molecule has 1 heterocycles. The smallest absolute Gasteiger partial charge is 0.0600 e. The molecule has 0 saturated carbocycles. The van der Waals surface area contributed by atoms with Gasteiger partial charge in [0, 0.05) is 23.8 Å². The molecule has 0 aliphatic heterocycles. The van der Waals surface area contributed by atoms with Gasteiger partial charge in [-0.05, 0) is 59.2 Å². The fraction of sp³-hybridized carbons (Fsp3) is 0.353. The standard InChI is InChI=1S/C17H22BrN3/c1-4-19-11-14-8-9-17(16(18)10-14)21(3)12-15-7-5-6-13(2)20-15/h5-10,19H,4,11-12H2,1-3H3. The van der Waals surface area contributed by atoms with Gasteiger partial charge in [0.15, 0.2) is 0 Å². The van der Waals surface area contributed by atoms with E-state index in [1.165, 1.54) is 11.3 Å². The van der Waals surface area contributed by atoms with E-state index in [9.17, 15) is 0 Å². The molecule has 1 aromatic carbocycles. The van der Waals surface area contributed by atoms with Crippen molar-refractivity contribution in [2.75, 3.05) is 18.5 Å². The molecule has 0 spiro atoms. The van der Waals surface area contributed by atoms with Crippen LogP contribution >= 0.6 is 15.9 Å². The fourth-order valence-electron chi connectivity index (χ4n) is 2.26. The second kappa shape index (κ2) is 7.57. The van der Waals surface area contributed by atoms with E-state index in [2.05, 4.69) is 75.4 Å². The number of aryl methyl sites for hydroxylation is 1. The molecular formula is C17H22BrN3. The van der Waals surface area contributed by atoms with E-state index in [-0.39, 0.29) is 0 Å². The summed E-state index contributed by atoms with van der Waals surface area (Å²) in [5, 5.41) is 3.34. The Kier molecular flexibility index (Phi) is 5.76. The predicted molar refractivity (Wildman–Crippen MR) is 92.6 cm³/mol. The molecule has 1 N–H and O–H groups in total. The minimum absolute atomic E-state index is 0.798. The van der Waals surface area contributed by atoms with Crippen LogP contribution in [0.15, 0.2) is 40.9 Å². The number of nitrogens with one attached hydrogen (secondary N) is 1. The van der Waals surface area contributed by atoms with Crippen molar-refractivity contribution in [3.05, 3.63) is 57.8 Å². The first-order valence-electron chi connectivity index (χ1n) is 7.23. The average molecular weight is 348 g/mol. The topological polar surface area (TPSA) is 28.2 Å². The number of hydrogen-bond donors (Lipinski definition) is 1. The van der Waals surface area contributed by atoms with Crippen LogP contribution in [-0.4, -0.2) is 18.6 Å². The maximum absolute atomic E-state index is 4.56. The summed E-state index contributed by atoms with van der Waals surface area (Å²) in [5.74, 6) is 0. The van der Waals surface area contributed by atoms with Crippen LogP contribution in [0, 0.1) is 6.92 Å². The second-order valence-corrected chi connectivity index (χ2v) is 6.05. The normalized spacial score (nSPS) is 10.7. The highest BCUT2D eigenvalue weighted by Crippen LogP contribution is 2.27. The second-order valence-electron chi connectivity index (χ2n) is 5.19. The van der Waals surface area contributed by atoms with Crippen molar-refractivity contribution in [2.24, 2.45) is 0 Å². The van der Waals surface area contributed by atoms with Gasteiger partial charge in [0.25, 0.3) is 0 Å². The Morgan fingerprint density at radius 3 is 2.71 bits per heavy atom. The Bertz CT molecular complexity index is 598. The molecule has 4 heteroatoms. The molecule has 0 atom stereocenters. The molecule has 112 valence electrons. The summed E-state index contributed by atoms with van der Waals surface area (Å²) in [7, 11) is 2.09. The number of nitrogens with zero attached hydrogens (tertiary/aromatic N) is 2. The van der Waals surface area contributed by atoms with Gasteiger partial charge in [-0.2, -0.15) is 0 Å². The number of benzene rings is 1. The van der Waals surface area contributed by atoms with Crippen molar-refractivity contribution < 1.29 is 0 Å². The molecule has 0 saturated heterocycles. The van der Waals surface area contributed by atoms with Gasteiger partial charge in [0.1, 0.15) is 0 Å². The largest absolute Gasteiger partial charge is 0.368 e. The minimum Gasteiger partial charge on any atom is -0.368 e. The summed E-state index contributed by atoms with van der Waals surface area (Å²) >= 11 is 3.68. The molecular weight excluding hydrogens is 326 g/mol. The first-order valence-corrected chi connectivity index (χ1v) is 8.02. The van der Waals surface area contributed by atoms with E-state index in [0.717, 1.165) is 35.5 Å². The number of halogens is 1. The Morgan fingerprint density at radius 1 is 1.24 bits per heavy atom. The number of anilines is 1. The third kappa shape index (κ3) is 4.55. The SMILES string of the molecule is CCNCc1ccc(N(C)Cc2cccc(C)n2)c(Br)c1. The van der Waals surface area contributed by atoms with Crippen LogP contribution in [0.1, 0.15) is 23.9 Å². The average Bonchev–Trinajstić information content (AvgIpc) is 2.45. The fourth-order valence-corrected chi connectivity index (χ4v) is 2.98. The van der Waals surface area contributed by atoms with E-state index in [1.807, 2.05) is 13.0 Å². The molecule has 2 aromatic rings. The minimum atomic E-state index is 0.798. The van der Waals surface area contributed by atoms with Crippen molar-refractivity contribution in [3.8, 4) is 0 Å². The van der Waals surface area contributed by atoms with Gasteiger partial charge < -0.3 is 10.2 Å². The number of rotatable bonds is 6. The lowest BCUT2D eigenvalue weighted by Crippen LogP contribution is -2.18. The number of hydrogen-bond acceptors (Lipinski definition) is 3. The Balaban J connectivity index is 2.10. The number of aromatic nitrogens is 1. The van der Waals surface area contributed by atoms with Crippen molar-refractivity contribution >= 4 is 21.6 Å².